The maximum atomic E-state index is 11.8. The van der Waals surface area contributed by atoms with Crippen LogP contribution in [0, 0.1) is 6.92 Å². The third-order valence-corrected chi connectivity index (χ3v) is 5.96. The molecule has 1 atom stereocenters. The van der Waals surface area contributed by atoms with Crippen LogP contribution in [0.5, 0.6) is 0 Å². The van der Waals surface area contributed by atoms with Gasteiger partial charge >= 0.3 is 0 Å². The van der Waals surface area contributed by atoms with Gasteiger partial charge in [0.05, 0.1) is 17.3 Å². The molecule has 0 aliphatic carbocycles. The average Bonchev–Trinajstić information content (AvgIpc) is 2.70. The number of hydrogen-bond acceptors (Lipinski definition) is 5. The number of rotatable bonds is 4. The first-order valence-electron chi connectivity index (χ1n) is 6.34. The van der Waals surface area contributed by atoms with Gasteiger partial charge in [-0.3, -0.25) is 4.79 Å². The first-order valence-corrected chi connectivity index (χ1v) is 9.15. The van der Waals surface area contributed by atoms with Crippen LogP contribution in [0.1, 0.15) is 12.0 Å². The van der Waals surface area contributed by atoms with Crippen LogP contribution in [0.25, 0.3) is 0 Å². The van der Waals surface area contributed by atoms with E-state index < -0.39 is 9.84 Å². The summed E-state index contributed by atoms with van der Waals surface area (Å²) in [6.45, 7) is 1.97. The van der Waals surface area contributed by atoms with Gasteiger partial charge in [-0.1, -0.05) is 6.07 Å². The molecule has 1 aromatic rings. The molecule has 1 saturated heterocycles. The first-order chi connectivity index (χ1) is 9.35. The van der Waals surface area contributed by atoms with Crippen molar-refractivity contribution in [1.82, 2.24) is 5.32 Å². The number of amides is 1. The molecule has 7 heteroatoms. The van der Waals surface area contributed by atoms with E-state index >= 15 is 0 Å². The summed E-state index contributed by atoms with van der Waals surface area (Å²) in [6.07, 6.45) is 0.505. The van der Waals surface area contributed by atoms with Gasteiger partial charge in [0.25, 0.3) is 0 Å². The molecule has 1 amide bonds. The van der Waals surface area contributed by atoms with Gasteiger partial charge in [-0.05, 0) is 31.0 Å². The minimum Gasteiger partial charge on any atom is -0.398 e. The van der Waals surface area contributed by atoms with E-state index in [1.807, 2.05) is 25.1 Å². The van der Waals surface area contributed by atoms with Crippen LogP contribution in [-0.4, -0.2) is 37.6 Å². The fourth-order valence-electron chi connectivity index (χ4n) is 2.09. The Labute approximate surface area is 123 Å². The Morgan fingerprint density at radius 2 is 2.25 bits per heavy atom. The summed E-state index contributed by atoms with van der Waals surface area (Å²) in [5, 5.41) is 2.76. The summed E-state index contributed by atoms with van der Waals surface area (Å²) < 4.78 is 22.6. The number of nitrogen functional groups attached to an aromatic ring is 1. The molecule has 0 radical (unpaired) electrons. The molecule has 2 rings (SSSR count). The van der Waals surface area contributed by atoms with E-state index in [-0.39, 0.29) is 29.2 Å². The van der Waals surface area contributed by atoms with E-state index in [9.17, 15) is 13.2 Å². The number of hydrogen-bond donors (Lipinski definition) is 2. The third-order valence-electron chi connectivity index (χ3n) is 3.13. The molecular formula is C13H18N2O3S2. The van der Waals surface area contributed by atoms with E-state index in [2.05, 4.69) is 5.32 Å². The number of sulfone groups is 1. The molecule has 0 bridgehead atoms. The van der Waals surface area contributed by atoms with Gasteiger partial charge in [-0.25, -0.2) is 8.42 Å². The molecule has 110 valence electrons. The monoisotopic (exact) mass is 314 g/mol. The van der Waals surface area contributed by atoms with Crippen LogP contribution in [-0.2, 0) is 14.6 Å². The van der Waals surface area contributed by atoms with Gasteiger partial charge in [0.15, 0.2) is 9.84 Å². The summed E-state index contributed by atoms with van der Waals surface area (Å²) in [4.78, 5) is 12.7. The zero-order chi connectivity index (χ0) is 14.8. The van der Waals surface area contributed by atoms with E-state index in [4.69, 9.17) is 5.73 Å². The van der Waals surface area contributed by atoms with Gasteiger partial charge in [-0.15, -0.1) is 11.8 Å². The zero-order valence-corrected chi connectivity index (χ0v) is 12.9. The van der Waals surface area contributed by atoms with Crippen molar-refractivity contribution >= 4 is 33.2 Å². The summed E-state index contributed by atoms with van der Waals surface area (Å²) in [6, 6.07) is 5.43. The van der Waals surface area contributed by atoms with Crippen LogP contribution in [0.2, 0.25) is 0 Å². The number of aryl methyl sites for hydroxylation is 1. The highest BCUT2D eigenvalue weighted by molar-refractivity contribution is 8.00. The second-order valence-electron chi connectivity index (χ2n) is 5.00. The minimum absolute atomic E-state index is 0.0516. The highest BCUT2D eigenvalue weighted by Gasteiger charge is 2.28. The molecule has 20 heavy (non-hydrogen) atoms. The van der Waals surface area contributed by atoms with Gasteiger partial charge in [0.1, 0.15) is 0 Å². The Bertz CT molecular complexity index is 614. The predicted molar refractivity (Wildman–Crippen MR) is 81.5 cm³/mol. The zero-order valence-electron chi connectivity index (χ0n) is 11.3. The van der Waals surface area contributed by atoms with Gasteiger partial charge in [0.2, 0.25) is 5.91 Å². The van der Waals surface area contributed by atoms with Crippen molar-refractivity contribution in [2.75, 3.05) is 23.0 Å². The lowest BCUT2D eigenvalue weighted by atomic mass is 10.2. The fourth-order valence-corrected chi connectivity index (χ4v) is 4.64. The lowest BCUT2D eigenvalue weighted by Crippen LogP contribution is -2.36. The van der Waals surface area contributed by atoms with Gasteiger partial charge in [-0.2, -0.15) is 0 Å². The van der Waals surface area contributed by atoms with Crippen molar-refractivity contribution in [1.29, 1.82) is 0 Å². The Morgan fingerprint density at radius 3 is 2.90 bits per heavy atom. The largest absolute Gasteiger partial charge is 0.398 e. The number of benzene rings is 1. The SMILES string of the molecule is Cc1ccc(N)c(SCC(=O)NC2CCS(=O)(=O)C2)c1. The van der Waals surface area contributed by atoms with Crippen molar-refractivity contribution in [2.45, 2.75) is 24.3 Å². The van der Waals surface area contributed by atoms with Crippen LogP contribution in [0.15, 0.2) is 23.1 Å². The number of thioether (sulfide) groups is 1. The van der Waals surface area contributed by atoms with Crippen molar-refractivity contribution in [2.24, 2.45) is 0 Å². The van der Waals surface area contributed by atoms with Crippen molar-refractivity contribution < 1.29 is 13.2 Å². The Hall–Kier alpha value is -1.21. The van der Waals surface area contributed by atoms with Crippen LogP contribution in [0.3, 0.4) is 0 Å². The van der Waals surface area contributed by atoms with Crippen LogP contribution < -0.4 is 11.1 Å². The molecule has 1 fully saturated rings. The maximum Gasteiger partial charge on any atom is 0.230 e. The number of carbonyl (C=O) groups is 1. The number of carbonyl (C=O) groups excluding carboxylic acids is 1. The van der Waals surface area contributed by atoms with E-state index in [1.165, 1.54) is 11.8 Å². The lowest BCUT2D eigenvalue weighted by Gasteiger charge is -2.11. The summed E-state index contributed by atoms with van der Waals surface area (Å²) >= 11 is 1.37. The minimum atomic E-state index is -2.96. The van der Waals surface area contributed by atoms with E-state index in [0.717, 1.165) is 10.5 Å². The normalized spacial score (nSPS) is 20.8. The molecule has 1 aromatic carbocycles. The standard InChI is InChI=1S/C13H18N2O3S2/c1-9-2-3-11(14)12(6-9)19-7-13(16)15-10-4-5-20(17,18)8-10/h2-3,6,10H,4-5,7-8,14H2,1H3,(H,15,16). The summed E-state index contributed by atoms with van der Waals surface area (Å²) in [5.74, 6) is 0.300. The molecule has 1 heterocycles. The average molecular weight is 314 g/mol. The number of nitrogens with one attached hydrogen (secondary N) is 1. The van der Waals surface area contributed by atoms with Gasteiger partial charge in [0, 0.05) is 16.6 Å². The molecule has 5 nitrogen and oxygen atoms in total. The molecule has 0 spiro atoms. The number of anilines is 1. The molecule has 0 aromatic heterocycles. The smallest absolute Gasteiger partial charge is 0.230 e. The Kier molecular flexibility index (Phi) is 4.59. The second-order valence-corrected chi connectivity index (χ2v) is 8.24. The van der Waals surface area contributed by atoms with Gasteiger partial charge < -0.3 is 11.1 Å². The second kappa shape index (κ2) is 6.05. The van der Waals surface area contributed by atoms with E-state index in [0.29, 0.717) is 12.1 Å². The molecule has 0 saturated carbocycles. The third kappa shape index (κ3) is 4.14. The summed E-state index contributed by atoms with van der Waals surface area (Å²) in [7, 11) is -2.96. The Balaban J connectivity index is 1.85. The molecule has 1 aliphatic rings. The number of nitrogens with two attached hydrogens (primary N) is 1. The first kappa shape index (κ1) is 15.2. The highest BCUT2D eigenvalue weighted by atomic mass is 32.2. The maximum absolute atomic E-state index is 11.8. The quantitative estimate of drug-likeness (QED) is 0.638. The molecule has 1 unspecified atom stereocenters. The molecule has 3 N–H and O–H groups in total. The molecular weight excluding hydrogens is 296 g/mol. The lowest BCUT2D eigenvalue weighted by molar-refractivity contribution is -0.119. The van der Waals surface area contributed by atoms with Crippen molar-refractivity contribution in [3.05, 3.63) is 23.8 Å². The topological polar surface area (TPSA) is 89.3 Å². The van der Waals surface area contributed by atoms with Crippen LogP contribution in [0.4, 0.5) is 5.69 Å². The fraction of sp³-hybridized carbons (Fsp3) is 0.462. The Morgan fingerprint density at radius 1 is 1.50 bits per heavy atom. The predicted octanol–water partition coefficient (Wildman–Crippen LogP) is 0.973. The summed E-state index contributed by atoms with van der Waals surface area (Å²) in [5.41, 5.74) is 7.58. The molecule has 1 aliphatic heterocycles. The van der Waals surface area contributed by atoms with E-state index in [1.54, 1.807) is 0 Å². The van der Waals surface area contributed by atoms with Crippen molar-refractivity contribution in [3.8, 4) is 0 Å². The van der Waals surface area contributed by atoms with Crippen molar-refractivity contribution in [3.63, 3.8) is 0 Å². The van der Waals surface area contributed by atoms with Crippen LogP contribution >= 0.6 is 11.8 Å². The highest BCUT2D eigenvalue weighted by Crippen LogP contribution is 2.25.